The van der Waals surface area contributed by atoms with E-state index in [9.17, 15) is 15.3 Å². The molecule has 1 heterocycles. The van der Waals surface area contributed by atoms with Crippen LogP contribution in [0.5, 0.6) is 0 Å². The maximum Gasteiger partial charge on any atom is 0.172 e. The van der Waals surface area contributed by atoms with Gasteiger partial charge in [0.1, 0.15) is 20.1 Å². The van der Waals surface area contributed by atoms with Gasteiger partial charge in [0.05, 0.1) is 11.6 Å². The Morgan fingerprint density at radius 1 is 1.40 bits per heavy atom. The van der Waals surface area contributed by atoms with Gasteiger partial charge < -0.3 is 20.1 Å². The molecule has 2 rings (SSSR count). The van der Waals surface area contributed by atoms with Crippen molar-refractivity contribution >= 4 is 19.4 Å². The van der Waals surface area contributed by atoms with E-state index in [0.717, 1.165) is 0 Å². The van der Waals surface area contributed by atoms with E-state index in [1.54, 1.807) is 0 Å². The van der Waals surface area contributed by atoms with E-state index in [2.05, 4.69) is 5.92 Å². The van der Waals surface area contributed by atoms with Crippen LogP contribution in [-0.4, -0.2) is 52.6 Å². The Morgan fingerprint density at radius 3 is 2.47 bits per heavy atom. The van der Waals surface area contributed by atoms with E-state index >= 15 is 0 Å². The fourth-order valence-electron chi connectivity index (χ4n) is 1.79. The van der Waals surface area contributed by atoms with Crippen molar-refractivity contribution in [2.45, 2.75) is 42.3 Å². The molecule has 1 saturated heterocycles. The fourth-order valence-corrected chi connectivity index (χ4v) is 1.94. The van der Waals surface area contributed by atoms with Crippen molar-refractivity contribution < 1.29 is 20.1 Å². The van der Waals surface area contributed by atoms with E-state index in [1.165, 1.54) is 0 Å². The van der Waals surface area contributed by atoms with Gasteiger partial charge in [-0.3, -0.25) is 0 Å². The number of aliphatic hydroxyl groups is 3. The van der Waals surface area contributed by atoms with Crippen molar-refractivity contribution in [3.63, 3.8) is 0 Å². The molecule has 3 N–H and O–H groups in total. The molecule has 0 aromatic rings. The Kier molecular flexibility index (Phi) is 2.53. The van der Waals surface area contributed by atoms with Gasteiger partial charge >= 0.3 is 0 Å². The average Bonchev–Trinajstić information content (AvgIpc) is 2.87. The first-order chi connectivity index (χ1) is 6.94. The molecular weight excluding hydrogens is 218 g/mol. The molecule has 0 spiro atoms. The summed E-state index contributed by atoms with van der Waals surface area (Å²) in [6.07, 6.45) is -1.22. The normalized spacial score (nSPS) is 47.1. The summed E-state index contributed by atoms with van der Waals surface area (Å²) in [5.74, 6) is 2.21. The molecule has 0 aromatic carbocycles. The van der Waals surface area contributed by atoms with E-state index in [1.807, 2.05) is 5.38 Å². The highest BCUT2D eigenvalue weighted by Crippen LogP contribution is 2.46. The summed E-state index contributed by atoms with van der Waals surface area (Å²) in [7, 11) is 5.50. The Bertz CT molecular complexity index is 335. The van der Waals surface area contributed by atoms with Crippen LogP contribution >= 0.6 is 11.6 Å². The maximum absolute atomic E-state index is 9.92. The summed E-state index contributed by atoms with van der Waals surface area (Å²) in [5, 5.41) is 31.5. The third-order valence-electron chi connectivity index (χ3n) is 3.00. The number of aliphatic hydroxyl groups excluding tert-OH is 1. The largest absolute Gasteiger partial charge is 0.387 e. The van der Waals surface area contributed by atoms with Crippen molar-refractivity contribution in [2.75, 3.05) is 0 Å². The SMILES string of the molecule is [B][C@@H]1O[C@H](C2(O)CC2)C(O)[C@]1(O)C#CCl. The summed E-state index contributed by atoms with van der Waals surface area (Å²) in [6.45, 7) is 0. The van der Waals surface area contributed by atoms with Crippen LogP contribution in [0.3, 0.4) is 0 Å². The summed E-state index contributed by atoms with van der Waals surface area (Å²) < 4.78 is 5.14. The number of rotatable bonds is 1. The highest BCUT2D eigenvalue weighted by molar-refractivity contribution is 6.30. The highest BCUT2D eigenvalue weighted by Gasteiger charge is 2.62. The summed E-state index contributed by atoms with van der Waals surface area (Å²) in [4.78, 5) is 0. The van der Waals surface area contributed by atoms with Gasteiger partial charge in [0.2, 0.25) is 0 Å². The molecule has 80 valence electrons. The molecule has 2 radical (unpaired) electrons. The molecule has 4 atom stereocenters. The lowest BCUT2D eigenvalue weighted by Crippen LogP contribution is -2.49. The minimum atomic E-state index is -1.91. The second-order valence-corrected chi connectivity index (χ2v) is 4.26. The van der Waals surface area contributed by atoms with Crippen LogP contribution < -0.4 is 0 Å². The molecular formula is C9H10BClO4. The van der Waals surface area contributed by atoms with Gasteiger partial charge in [0.15, 0.2) is 5.60 Å². The lowest BCUT2D eigenvalue weighted by atomic mass is 9.80. The molecule has 15 heavy (non-hydrogen) atoms. The van der Waals surface area contributed by atoms with Crippen LogP contribution in [0.15, 0.2) is 0 Å². The molecule has 2 fully saturated rings. The lowest BCUT2D eigenvalue weighted by Gasteiger charge is -2.24. The molecule has 2 aliphatic rings. The Labute approximate surface area is 93.6 Å². The molecule has 6 heteroatoms. The highest BCUT2D eigenvalue weighted by atomic mass is 35.5. The van der Waals surface area contributed by atoms with Crippen molar-refractivity contribution in [1.82, 2.24) is 0 Å². The molecule has 4 nitrogen and oxygen atoms in total. The number of halogens is 1. The summed E-state index contributed by atoms with van der Waals surface area (Å²) in [5.41, 5.74) is -3.00. The Hall–Kier alpha value is -0.245. The molecule has 1 saturated carbocycles. The number of hydrogen-bond acceptors (Lipinski definition) is 4. The Balaban J connectivity index is 2.25. The minimum absolute atomic E-state index is 0.520. The first kappa shape index (κ1) is 11.2. The zero-order chi connectivity index (χ0) is 11.3. The van der Waals surface area contributed by atoms with Gasteiger partial charge in [0.25, 0.3) is 0 Å². The number of ether oxygens (including phenoxy) is 1. The van der Waals surface area contributed by atoms with E-state index in [-0.39, 0.29) is 0 Å². The van der Waals surface area contributed by atoms with Crippen LogP contribution in [0, 0.1) is 11.3 Å². The van der Waals surface area contributed by atoms with E-state index in [0.29, 0.717) is 12.8 Å². The maximum atomic E-state index is 9.92. The fraction of sp³-hybridized carbons (Fsp3) is 0.778. The van der Waals surface area contributed by atoms with Gasteiger partial charge in [-0.1, -0.05) is 0 Å². The smallest absolute Gasteiger partial charge is 0.172 e. The van der Waals surface area contributed by atoms with E-state index < -0.39 is 29.4 Å². The topological polar surface area (TPSA) is 69.9 Å². The second-order valence-electron chi connectivity index (χ2n) is 4.07. The lowest BCUT2D eigenvalue weighted by molar-refractivity contribution is -0.0717. The van der Waals surface area contributed by atoms with Crippen molar-refractivity contribution in [3.05, 3.63) is 0 Å². The first-order valence-corrected chi connectivity index (χ1v) is 4.98. The molecule has 1 unspecified atom stereocenters. The summed E-state index contributed by atoms with van der Waals surface area (Å²) in [6, 6.07) is -1.17. The van der Waals surface area contributed by atoms with Gasteiger partial charge in [-0.15, -0.1) is 0 Å². The van der Waals surface area contributed by atoms with Gasteiger partial charge in [-0.25, -0.2) is 0 Å². The van der Waals surface area contributed by atoms with E-state index in [4.69, 9.17) is 24.2 Å². The monoisotopic (exact) mass is 228 g/mol. The first-order valence-electron chi connectivity index (χ1n) is 4.61. The van der Waals surface area contributed by atoms with Crippen LogP contribution in [-0.2, 0) is 4.74 Å². The third kappa shape index (κ3) is 1.57. The van der Waals surface area contributed by atoms with Crippen molar-refractivity contribution in [2.24, 2.45) is 0 Å². The predicted molar refractivity (Wildman–Crippen MR) is 53.2 cm³/mol. The molecule has 1 aliphatic heterocycles. The van der Waals surface area contributed by atoms with Crippen molar-refractivity contribution in [3.8, 4) is 11.3 Å². The zero-order valence-corrected chi connectivity index (χ0v) is 8.61. The van der Waals surface area contributed by atoms with Crippen LogP contribution in [0.2, 0.25) is 0 Å². The predicted octanol–water partition coefficient (Wildman–Crippen LogP) is -1.30. The third-order valence-corrected chi connectivity index (χ3v) is 3.10. The van der Waals surface area contributed by atoms with Crippen LogP contribution in [0.25, 0.3) is 0 Å². The molecule has 1 aliphatic carbocycles. The Morgan fingerprint density at radius 2 is 2.00 bits per heavy atom. The quantitative estimate of drug-likeness (QED) is 0.385. The number of hydrogen-bond donors (Lipinski definition) is 3. The molecule has 0 amide bonds. The zero-order valence-electron chi connectivity index (χ0n) is 7.85. The van der Waals surface area contributed by atoms with Crippen LogP contribution in [0.4, 0.5) is 0 Å². The van der Waals surface area contributed by atoms with Gasteiger partial charge in [-0.2, -0.15) is 0 Å². The summed E-state index contributed by atoms with van der Waals surface area (Å²) >= 11 is 5.17. The standard InChI is InChI=1S/C9H10BClO4/c10-7-9(14,3-4-11)5(12)6(15-7)8(13)1-2-8/h5-7,12-14H,1-2H2/t5?,6-,7+,9+/m0/s1. The second kappa shape index (κ2) is 3.37. The van der Waals surface area contributed by atoms with Gasteiger partial charge in [-0.05, 0) is 30.4 Å². The molecule has 0 aromatic heterocycles. The minimum Gasteiger partial charge on any atom is -0.387 e. The van der Waals surface area contributed by atoms with Gasteiger partial charge in [0, 0.05) is 5.38 Å². The average molecular weight is 228 g/mol. The van der Waals surface area contributed by atoms with Crippen molar-refractivity contribution in [1.29, 1.82) is 0 Å². The molecule has 0 bridgehead atoms. The van der Waals surface area contributed by atoms with Crippen LogP contribution in [0.1, 0.15) is 12.8 Å².